The van der Waals surface area contributed by atoms with Gasteiger partial charge in [0.25, 0.3) is 0 Å². The number of nitrogens with one attached hydrogen (secondary N) is 1. The number of rotatable bonds is 8. The van der Waals surface area contributed by atoms with Gasteiger partial charge < -0.3 is 19.9 Å². The van der Waals surface area contributed by atoms with Gasteiger partial charge >= 0.3 is 0 Å². The fraction of sp³-hybridized carbons (Fsp3) is 0.562. The summed E-state index contributed by atoms with van der Waals surface area (Å²) in [5.74, 6) is -0.610. The Hall–Kier alpha value is -1.48. The number of hydrogen-bond acceptors (Lipinski definition) is 6. The van der Waals surface area contributed by atoms with E-state index in [9.17, 15) is 13.2 Å². The zero-order chi connectivity index (χ0) is 17.4. The maximum atomic E-state index is 12.2. The minimum absolute atomic E-state index is 0.0899. The Balaban J connectivity index is 1.86. The maximum Gasteiger partial charge on any atom is 0.221 e. The van der Waals surface area contributed by atoms with Crippen molar-refractivity contribution in [1.29, 1.82) is 0 Å². The molecule has 0 saturated carbocycles. The highest BCUT2D eigenvalue weighted by atomic mass is 32.2. The number of carbonyl (C=O) groups is 1. The average Bonchev–Trinajstić information content (AvgIpc) is 2.60. The van der Waals surface area contributed by atoms with Crippen molar-refractivity contribution in [2.24, 2.45) is 0 Å². The van der Waals surface area contributed by atoms with Crippen LogP contribution >= 0.6 is 0 Å². The fourth-order valence-electron chi connectivity index (χ4n) is 2.51. The van der Waals surface area contributed by atoms with E-state index in [1.807, 2.05) is 0 Å². The number of sulfone groups is 1. The summed E-state index contributed by atoms with van der Waals surface area (Å²) in [6.45, 7) is 0.949. The monoisotopic (exact) mass is 357 g/mol. The van der Waals surface area contributed by atoms with E-state index in [1.54, 1.807) is 18.2 Å². The Labute approximate surface area is 141 Å². The van der Waals surface area contributed by atoms with Crippen molar-refractivity contribution in [3.05, 3.63) is 30.3 Å². The molecule has 134 valence electrons. The van der Waals surface area contributed by atoms with Crippen LogP contribution in [0.2, 0.25) is 0 Å². The third kappa shape index (κ3) is 5.55. The van der Waals surface area contributed by atoms with Gasteiger partial charge in [-0.05, 0) is 18.6 Å². The Morgan fingerprint density at radius 3 is 2.79 bits per heavy atom. The van der Waals surface area contributed by atoms with E-state index in [0.29, 0.717) is 19.6 Å². The van der Waals surface area contributed by atoms with Gasteiger partial charge in [-0.3, -0.25) is 4.79 Å². The molecule has 1 aliphatic heterocycles. The average molecular weight is 357 g/mol. The molecule has 1 saturated heterocycles. The summed E-state index contributed by atoms with van der Waals surface area (Å²) in [5, 5.41) is 11.6. The molecule has 7 nitrogen and oxygen atoms in total. The van der Waals surface area contributed by atoms with E-state index >= 15 is 0 Å². The Morgan fingerprint density at radius 1 is 1.33 bits per heavy atom. The number of carbonyl (C=O) groups excluding carboxylic acids is 1. The lowest BCUT2D eigenvalue weighted by Crippen LogP contribution is -2.51. The Morgan fingerprint density at radius 2 is 2.08 bits per heavy atom. The van der Waals surface area contributed by atoms with Crippen molar-refractivity contribution < 1.29 is 27.8 Å². The summed E-state index contributed by atoms with van der Waals surface area (Å²) in [6, 6.07) is 7.73. The van der Waals surface area contributed by atoms with Crippen LogP contribution in [-0.2, 0) is 24.1 Å². The van der Waals surface area contributed by atoms with Gasteiger partial charge in [0.2, 0.25) is 5.91 Å². The lowest BCUT2D eigenvalue weighted by molar-refractivity contribution is -0.126. The van der Waals surface area contributed by atoms with Gasteiger partial charge in [-0.1, -0.05) is 18.2 Å². The topological polar surface area (TPSA) is 102 Å². The summed E-state index contributed by atoms with van der Waals surface area (Å²) >= 11 is 0. The van der Waals surface area contributed by atoms with Gasteiger partial charge in [0.1, 0.15) is 0 Å². The van der Waals surface area contributed by atoms with Crippen LogP contribution in [0.1, 0.15) is 12.8 Å². The predicted molar refractivity (Wildman–Crippen MR) is 87.3 cm³/mol. The summed E-state index contributed by atoms with van der Waals surface area (Å²) in [6.07, 6.45) is 0.258. The molecule has 1 aliphatic rings. The van der Waals surface area contributed by atoms with E-state index in [-0.39, 0.29) is 48.3 Å². The number of benzene rings is 1. The van der Waals surface area contributed by atoms with Crippen molar-refractivity contribution in [2.75, 3.05) is 32.2 Å². The molecule has 2 N–H and O–H groups in total. The smallest absolute Gasteiger partial charge is 0.221 e. The first kappa shape index (κ1) is 18.9. The molecule has 8 heteroatoms. The highest BCUT2D eigenvalue weighted by Gasteiger charge is 2.28. The zero-order valence-corrected chi connectivity index (χ0v) is 14.2. The molecule has 0 unspecified atom stereocenters. The van der Waals surface area contributed by atoms with E-state index in [1.165, 1.54) is 12.1 Å². The molecule has 1 heterocycles. The lowest BCUT2D eigenvalue weighted by atomic mass is 10.1. The van der Waals surface area contributed by atoms with Crippen LogP contribution < -0.4 is 5.32 Å². The normalized spacial score (nSPS) is 21.4. The van der Waals surface area contributed by atoms with Crippen LogP contribution in [0.5, 0.6) is 0 Å². The summed E-state index contributed by atoms with van der Waals surface area (Å²) < 4.78 is 35.2. The van der Waals surface area contributed by atoms with Crippen LogP contribution in [-0.4, -0.2) is 63.8 Å². The van der Waals surface area contributed by atoms with Gasteiger partial charge in [0.05, 0.1) is 42.6 Å². The number of hydrogen-bond donors (Lipinski definition) is 2. The van der Waals surface area contributed by atoms with Crippen LogP contribution in [0.3, 0.4) is 0 Å². The third-order valence-electron chi connectivity index (χ3n) is 3.76. The minimum atomic E-state index is -3.48. The van der Waals surface area contributed by atoms with Gasteiger partial charge in [-0.15, -0.1) is 0 Å². The molecular weight excluding hydrogens is 334 g/mol. The second kappa shape index (κ2) is 9.12. The number of amides is 1. The highest BCUT2D eigenvalue weighted by molar-refractivity contribution is 7.91. The van der Waals surface area contributed by atoms with E-state index in [0.717, 1.165) is 0 Å². The second-order valence-corrected chi connectivity index (χ2v) is 7.66. The fourth-order valence-corrected chi connectivity index (χ4v) is 3.77. The standard InChI is InChI=1S/C16H23NO6S/c18-8-10-23-15-6-9-22-12-14(15)17-16(19)7-11-24(20,21)13-4-2-1-3-5-13/h1-5,14-15,18H,6-12H2,(H,17,19)/t14-,15+/m1/s1. The molecule has 0 bridgehead atoms. The SMILES string of the molecule is O=C(CCS(=O)(=O)c1ccccc1)N[C@@H]1COCC[C@@H]1OCCO. The molecule has 2 atom stereocenters. The Kier molecular flexibility index (Phi) is 7.16. The predicted octanol–water partition coefficient (Wildman–Crippen LogP) is 0.133. The van der Waals surface area contributed by atoms with E-state index in [2.05, 4.69) is 5.32 Å². The van der Waals surface area contributed by atoms with Crippen LogP contribution in [0.15, 0.2) is 35.2 Å². The summed E-state index contributed by atoms with van der Waals surface area (Å²) in [7, 11) is -3.48. The first-order valence-electron chi connectivity index (χ1n) is 7.90. The molecule has 0 aliphatic carbocycles. The van der Waals surface area contributed by atoms with Crippen molar-refractivity contribution in [3.63, 3.8) is 0 Å². The zero-order valence-electron chi connectivity index (χ0n) is 13.4. The van der Waals surface area contributed by atoms with Crippen molar-refractivity contribution in [3.8, 4) is 0 Å². The van der Waals surface area contributed by atoms with Gasteiger partial charge in [0.15, 0.2) is 9.84 Å². The quantitative estimate of drug-likeness (QED) is 0.686. The van der Waals surface area contributed by atoms with Gasteiger partial charge in [-0.2, -0.15) is 0 Å². The molecule has 1 aromatic carbocycles. The van der Waals surface area contributed by atoms with Gasteiger partial charge in [-0.25, -0.2) is 8.42 Å². The highest BCUT2D eigenvalue weighted by Crippen LogP contribution is 2.13. The van der Waals surface area contributed by atoms with E-state index in [4.69, 9.17) is 14.6 Å². The molecule has 1 amide bonds. The summed E-state index contributed by atoms with van der Waals surface area (Å²) in [4.78, 5) is 12.3. The van der Waals surface area contributed by atoms with Gasteiger partial charge in [0, 0.05) is 13.0 Å². The summed E-state index contributed by atoms with van der Waals surface area (Å²) in [5.41, 5.74) is 0. The molecular formula is C16H23NO6S. The van der Waals surface area contributed by atoms with Crippen LogP contribution in [0.4, 0.5) is 0 Å². The number of ether oxygens (including phenoxy) is 2. The molecule has 1 aromatic rings. The van der Waals surface area contributed by atoms with Crippen molar-refractivity contribution >= 4 is 15.7 Å². The number of aliphatic hydroxyl groups is 1. The third-order valence-corrected chi connectivity index (χ3v) is 5.49. The second-order valence-electron chi connectivity index (χ2n) is 5.55. The van der Waals surface area contributed by atoms with Crippen molar-refractivity contribution in [1.82, 2.24) is 5.32 Å². The van der Waals surface area contributed by atoms with Crippen LogP contribution in [0, 0.1) is 0 Å². The first-order chi connectivity index (χ1) is 11.5. The minimum Gasteiger partial charge on any atom is -0.394 e. The Bertz CT molecular complexity index is 619. The number of aliphatic hydroxyl groups excluding tert-OH is 1. The first-order valence-corrected chi connectivity index (χ1v) is 9.55. The lowest BCUT2D eigenvalue weighted by Gasteiger charge is -2.32. The molecule has 0 aromatic heterocycles. The molecule has 0 spiro atoms. The van der Waals surface area contributed by atoms with Crippen LogP contribution in [0.25, 0.3) is 0 Å². The molecule has 24 heavy (non-hydrogen) atoms. The molecule has 2 rings (SSSR count). The maximum absolute atomic E-state index is 12.2. The van der Waals surface area contributed by atoms with E-state index < -0.39 is 9.84 Å². The van der Waals surface area contributed by atoms with Crippen molar-refractivity contribution in [2.45, 2.75) is 29.9 Å². The largest absolute Gasteiger partial charge is 0.394 e. The molecule has 1 fully saturated rings. The molecule has 0 radical (unpaired) electrons.